The molecule has 28 heavy (non-hydrogen) atoms. The summed E-state index contributed by atoms with van der Waals surface area (Å²) >= 11 is 0. The predicted molar refractivity (Wildman–Crippen MR) is 103 cm³/mol. The summed E-state index contributed by atoms with van der Waals surface area (Å²) < 4.78 is 7.27. The third kappa shape index (κ3) is 3.42. The van der Waals surface area contributed by atoms with Crippen molar-refractivity contribution in [1.29, 1.82) is 0 Å². The van der Waals surface area contributed by atoms with Gasteiger partial charge in [0.25, 0.3) is 5.91 Å². The molecule has 7 nitrogen and oxygen atoms in total. The second-order valence-corrected chi connectivity index (χ2v) is 7.50. The molecule has 2 aliphatic rings. The van der Waals surface area contributed by atoms with E-state index < -0.39 is 5.97 Å². The summed E-state index contributed by atoms with van der Waals surface area (Å²) in [7, 11) is 0. The summed E-state index contributed by atoms with van der Waals surface area (Å²) in [5.41, 5.74) is 4.50. The van der Waals surface area contributed by atoms with E-state index in [0.717, 1.165) is 41.8 Å². The van der Waals surface area contributed by atoms with Crippen LogP contribution >= 0.6 is 0 Å². The highest BCUT2D eigenvalue weighted by Crippen LogP contribution is 2.30. The topological polar surface area (TPSA) is 84.7 Å². The van der Waals surface area contributed by atoms with Gasteiger partial charge in [0.05, 0.1) is 5.69 Å². The number of hydrogen-bond acceptors (Lipinski definition) is 4. The standard InChI is InChI=1S/C21H25N3O4/c1-14-5-2-3-7-17(14)24-18-8-4-6-16(18)20(22-24)21(27)23(13-19(25)26)15-9-11-28-12-10-15/h2-3,5,7,15H,4,6,8-13H2,1H3,(H,25,26). The van der Waals surface area contributed by atoms with Crippen LogP contribution < -0.4 is 0 Å². The van der Waals surface area contributed by atoms with Gasteiger partial charge in [-0.3, -0.25) is 9.59 Å². The van der Waals surface area contributed by atoms with E-state index in [4.69, 9.17) is 4.74 Å². The molecule has 1 aliphatic heterocycles. The van der Waals surface area contributed by atoms with E-state index in [1.807, 2.05) is 35.9 Å². The fraction of sp³-hybridized carbons (Fsp3) is 0.476. The number of ether oxygens (including phenoxy) is 1. The fourth-order valence-electron chi connectivity index (χ4n) is 4.25. The van der Waals surface area contributed by atoms with Gasteiger partial charge >= 0.3 is 5.97 Å². The van der Waals surface area contributed by atoms with Crippen LogP contribution in [0, 0.1) is 6.92 Å². The van der Waals surface area contributed by atoms with Gasteiger partial charge in [-0.1, -0.05) is 18.2 Å². The monoisotopic (exact) mass is 383 g/mol. The highest BCUT2D eigenvalue weighted by atomic mass is 16.5. The van der Waals surface area contributed by atoms with Crippen molar-refractivity contribution < 1.29 is 19.4 Å². The van der Waals surface area contributed by atoms with Gasteiger partial charge in [0, 0.05) is 30.5 Å². The maximum Gasteiger partial charge on any atom is 0.323 e. The van der Waals surface area contributed by atoms with Gasteiger partial charge in [-0.05, 0) is 50.7 Å². The van der Waals surface area contributed by atoms with Crippen molar-refractivity contribution in [2.24, 2.45) is 0 Å². The number of benzene rings is 1. The summed E-state index contributed by atoms with van der Waals surface area (Å²) in [6.07, 6.45) is 3.96. The van der Waals surface area contributed by atoms with Crippen LogP contribution in [0.1, 0.15) is 46.6 Å². The van der Waals surface area contributed by atoms with Gasteiger partial charge in [0.1, 0.15) is 6.54 Å². The minimum Gasteiger partial charge on any atom is -0.480 e. The number of carbonyl (C=O) groups excluding carboxylic acids is 1. The number of fused-ring (bicyclic) bond motifs is 1. The van der Waals surface area contributed by atoms with Gasteiger partial charge in [0.15, 0.2) is 5.69 Å². The highest BCUT2D eigenvalue weighted by molar-refractivity contribution is 5.96. The minimum absolute atomic E-state index is 0.127. The van der Waals surface area contributed by atoms with Gasteiger partial charge < -0.3 is 14.7 Å². The van der Waals surface area contributed by atoms with Crippen molar-refractivity contribution in [3.05, 3.63) is 46.8 Å². The zero-order valence-electron chi connectivity index (χ0n) is 16.1. The molecule has 1 amide bonds. The lowest BCUT2D eigenvalue weighted by atomic mass is 10.1. The summed E-state index contributed by atoms with van der Waals surface area (Å²) in [5, 5.41) is 14.1. The van der Waals surface area contributed by atoms with Crippen LogP contribution in [0.15, 0.2) is 24.3 Å². The SMILES string of the molecule is Cc1ccccc1-n1nc(C(=O)N(CC(=O)O)C2CCOCC2)c2c1CCC2. The van der Waals surface area contributed by atoms with Crippen LogP contribution in [0.3, 0.4) is 0 Å². The molecular formula is C21H25N3O4. The molecule has 1 fully saturated rings. The molecule has 0 unspecified atom stereocenters. The van der Waals surface area contributed by atoms with E-state index in [-0.39, 0.29) is 18.5 Å². The summed E-state index contributed by atoms with van der Waals surface area (Å²) in [5.74, 6) is -1.28. The molecule has 1 aromatic carbocycles. The Hall–Kier alpha value is -2.67. The number of nitrogens with zero attached hydrogens (tertiary/aromatic N) is 3. The Balaban J connectivity index is 1.73. The number of carbonyl (C=O) groups is 2. The zero-order chi connectivity index (χ0) is 19.7. The van der Waals surface area contributed by atoms with Crippen LogP contribution in [0.4, 0.5) is 0 Å². The van der Waals surface area contributed by atoms with Crippen molar-refractivity contribution >= 4 is 11.9 Å². The van der Waals surface area contributed by atoms with Crippen molar-refractivity contribution in [3.8, 4) is 5.69 Å². The van der Waals surface area contributed by atoms with E-state index in [1.165, 1.54) is 4.90 Å². The quantitative estimate of drug-likeness (QED) is 0.857. The molecular weight excluding hydrogens is 358 g/mol. The number of aliphatic carboxylic acids is 1. The zero-order valence-corrected chi connectivity index (χ0v) is 16.1. The number of carboxylic acid groups (broad SMARTS) is 1. The van der Waals surface area contributed by atoms with Crippen LogP contribution in [0.5, 0.6) is 0 Å². The second-order valence-electron chi connectivity index (χ2n) is 7.50. The molecule has 0 bridgehead atoms. The van der Waals surface area contributed by atoms with E-state index in [1.54, 1.807) is 0 Å². The van der Waals surface area contributed by atoms with Gasteiger partial charge in [0.2, 0.25) is 0 Å². The fourth-order valence-corrected chi connectivity index (χ4v) is 4.25. The average Bonchev–Trinajstić information content (AvgIpc) is 3.29. The van der Waals surface area contributed by atoms with Gasteiger partial charge in [-0.25, -0.2) is 4.68 Å². The molecule has 0 radical (unpaired) electrons. The number of rotatable bonds is 5. The Bertz CT molecular complexity index is 899. The molecule has 0 atom stereocenters. The molecule has 1 saturated heterocycles. The smallest absolute Gasteiger partial charge is 0.323 e. The maximum atomic E-state index is 13.4. The molecule has 7 heteroatoms. The second kappa shape index (κ2) is 7.75. The van der Waals surface area contributed by atoms with Crippen LogP contribution in [-0.2, 0) is 22.4 Å². The van der Waals surface area contributed by atoms with E-state index in [0.29, 0.717) is 31.7 Å². The summed E-state index contributed by atoms with van der Waals surface area (Å²) in [6, 6.07) is 7.85. The first-order chi connectivity index (χ1) is 13.6. The van der Waals surface area contributed by atoms with Crippen LogP contribution in [-0.4, -0.2) is 57.5 Å². The Morgan fingerprint density at radius 2 is 2.00 bits per heavy atom. The Morgan fingerprint density at radius 1 is 1.25 bits per heavy atom. The Labute approximate surface area is 163 Å². The van der Waals surface area contributed by atoms with Crippen LogP contribution in [0.2, 0.25) is 0 Å². The summed E-state index contributed by atoms with van der Waals surface area (Å²) in [6.45, 7) is 2.81. The Morgan fingerprint density at radius 3 is 2.71 bits per heavy atom. The highest BCUT2D eigenvalue weighted by Gasteiger charge is 2.34. The van der Waals surface area contributed by atoms with Crippen molar-refractivity contribution in [3.63, 3.8) is 0 Å². The normalized spacial score (nSPS) is 16.8. The van der Waals surface area contributed by atoms with Crippen molar-refractivity contribution in [2.75, 3.05) is 19.8 Å². The maximum absolute atomic E-state index is 13.4. The number of carboxylic acids is 1. The van der Waals surface area contributed by atoms with E-state index >= 15 is 0 Å². The van der Waals surface area contributed by atoms with E-state index in [9.17, 15) is 14.7 Å². The first-order valence-corrected chi connectivity index (χ1v) is 9.83. The van der Waals surface area contributed by atoms with Crippen molar-refractivity contribution in [2.45, 2.75) is 45.1 Å². The molecule has 148 valence electrons. The molecule has 1 N–H and O–H groups in total. The number of aryl methyl sites for hydroxylation is 1. The van der Waals surface area contributed by atoms with Crippen LogP contribution in [0.25, 0.3) is 5.69 Å². The molecule has 4 rings (SSSR count). The first kappa shape index (κ1) is 18.7. The minimum atomic E-state index is -1.00. The van der Waals surface area contributed by atoms with Crippen molar-refractivity contribution in [1.82, 2.24) is 14.7 Å². The van der Waals surface area contributed by atoms with Gasteiger partial charge in [-0.15, -0.1) is 0 Å². The molecule has 1 aliphatic carbocycles. The predicted octanol–water partition coefficient (Wildman–Crippen LogP) is 2.38. The van der Waals surface area contributed by atoms with Gasteiger partial charge in [-0.2, -0.15) is 5.10 Å². The average molecular weight is 383 g/mol. The number of aromatic nitrogens is 2. The third-order valence-corrected chi connectivity index (χ3v) is 5.67. The molecule has 2 aromatic rings. The molecule has 2 heterocycles. The number of amides is 1. The first-order valence-electron chi connectivity index (χ1n) is 9.83. The number of para-hydroxylation sites is 1. The largest absolute Gasteiger partial charge is 0.480 e. The lowest BCUT2D eigenvalue weighted by molar-refractivity contribution is -0.138. The number of hydrogen-bond donors (Lipinski definition) is 1. The lowest BCUT2D eigenvalue weighted by Crippen LogP contribution is -2.46. The lowest BCUT2D eigenvalue weighted by Gasteiger charge is -2.32. The summed E-state index contributed by atoms with van der Waals surface area (Å²) in [4.78, 5) is 26.3. The Kier molecular flexibility index (Phi) is 5.17. The molecule has 1 aromatic heterocycles. The van der Waals surface area contributed by atoms with E-state index in [2.05, 4.69) is 5.10 Å². The third-order valence-electron chi connectivity index (χ3n) is 5.67. The molecule has 0 spiro atoms. The molecule has 0 saturated carbocycles.